The van der Waals surface area contributed by atoms with Crippen LogP contribution in [0.3, 0.4) is 0 Å². The molecule has 1 aromatic carbocycles. The van der Waals surface area contributed by atoms with E-state index in [1.165, 1.54) is 7.11 Å². The summed E-state index contributed by atoms with van der Waals surface area (Å²) in [7, 11) is 1.52. The van der Waals surface area contributed by atoms with Crippen LogP contribution >= 0.6 is 0 Å². The Morgan fingerprint density at radius 3 is 2.31 bits per heavy atom. The molecule has 4 heteroatoms. The minimum absolute atomic E-state index is 0.0169. The molecule has 0 atom stereocenters. The highest BCUT2D eigenvalue weighted by Gasteiger charge is 2.09. The van der Waals surface area contributed by atoms with Crippen LogP contribution in [0.5, 0.6) is 5.75 Å². The van der Waals surface area contributed by atoms with Gasteiger partial charge in [-0.15, -0.1) is 0 Å². The molecule has 1 rings (SSSR count). The third kappa shape index (κ3) is 3.31. The molecule has 0 aliphatic carbocycles. The maximum atomic E-state index is 12.7. The van der Waals surface area contributed by atoms with E-state index in [4.69, 9.17) is 9.84 Å². The molecular weight excluding hydrogens is 214 g/mol. The lowest BCUT2D eigenvalue weighted by atomic mass is 10.0. The van der Waals surface area contributed by atoms with Crippen LogP contribution in [-0.2, 0) is 0 Å². The van der Waals surface area contributed by atoms with Crippen LogP contribution in [0.4, 0.5) is 8.78 Å². The molecular formula is C12H14F2O2. The quantitative estimate of drug-likeness (QED) is 0.839. The van der Waals surface area contributed by atoms with Crippen LogP contribution < -0.4 is 4.74 Å². The molecule has 0 bridgehead atoms. The molecule has 1 aromatic rings. The average Bonchev–Trinajstić information content (AvgIpc) is 2.30. The van der Waals surface area contributed by atoms with Crippen LogP contribution in [0.25, 0.3) is 5.57 Å². The molecule has 2 nitrogen and oxygen atoms in total. The fraction of sp³-hybridized carbons (Fsp3) is 0.333. The lowest BCUT2D eigenvalue weighted by molar-refractivity contribution is 0.289. The van der Waals surface area contributed by atoms with Gasteiger partial charge >= 0.3 is 0 Å². The number of rotatable bonds is 5. The van der Waals surface area contributed by atoms with Crippen LogP contribution in [0.1, 0.15) is 18.4 Å². The monoisotopic (exact) mass is 228 g/mol. The van der Waals surface area contributed by atoms with Gasteiger partial charge in [-0.1, -0.05) is 12.1 Å². The van der Waals surface area contributed by atoms with E-state index in [2.05, 4.69) is 0 Å². The minimum Gasteiger partial charge on any atom is -0.497 e. The molecule has 0 fully saturated rings. The van der Waals surface area contributed by atoms with Gasteiger partial charge in [-0.2, -0.15) is 8.78 Å². The lowest BCUT2D eigenvalue weighted by Crippen LogP contribution is -1.91. The van der Waals surface area contributed by atoms with Crippen molar-refractivity contribution in [3.8, 4) is 5.75 Å². The fourth-order valence-electron chi connectivity index (χ4n) is 1.40. The zero-order chi connectivity index (χ0) is 12.0. The Bertz CT molecular complexity index is 354. The Morgan fingerprint density at radius 2 is 1.88 bits per heavy atom. The minimum atomic E-state index is -1.70. The van der Waals surface area contributed by atoms with Crippen molar-refractivity contribution >= 4 is 5.57 Å². The molecule has 0 saturated heterocycles. The van der Waals surface area contributed by atoms with Crippen molar-refractivity contribution in [3.63, 3.8) is 0 Å². The number of aliphatic hydroxyl groups excluding tert-OH is 1. The van der Waals surface area contributed by atoms with E-state index < -0.39 is 6.08 Å². The summed E-state index contributed by atoms with van der Waals surface area (Å²) >= 11 is 0. The van der Waals surface area contributed by atoms with Crippen molar-refractivity contribution in [3.05, 3.63) is 35.9 Å². The van der Waals surface area contributed by atoms with Gasteiger partial charge in [0, 0.05) is 12.2 Å². The Labute approximate surface area is 93.2 Å². The van der Waals surface area contributed by atoms with Gasteiger partial charge in [-0.3, -0.25) is 0 Å². The van der Waals surface area contributed by atoms with Gasteiger partial charge in [0.25, 0.3) is 6.08 Å². The normalized spacial score (nSPS) is 10.0. The first kappa shape index (κ1) is 12.6. The van der Waals surface area contributed by atoms with Gasteiger partial charge in [0.05, 0.1) is 7.11 Å². The number of hydrogen-bond donors (Lipinski definition) is 1. The van der Waals surface area contributed by atoms with Crippen molar-refractivity contribution in [2.24, 2.45) is 0 Å². The van der Waals surface area contributed by atoms with E-state index in [9.17, 15) is 8.78 Å². The molecule has 0 unspecified atom stereocenters. The maximum absolute atomic E-state index is 12.7. The molecule has 16 heavy (non-hydrogen) atoms. The zero-order valence-electron chi connectivity index (χ0n) is 9.04. The van der Waals surface area contributed by atoms with E-state index in [1.807, 2.05) is 0 Å². The Kier molecular flexibility index (Phi) is 4.92. The predicted molar refractivity (Wildman–Crippen MR) is 58.4 cm³/mol. The maximum Gasteiger partial charge on any atom is 0.274 e. The molecule has 0 heterocycles. The Morgan fingerprint density at radius 1 is 1.25 bits per heavy atom. The van der Waals surface area contributed by atoms with Crippen LogP contribution in [0.15, 0.2) is 30.3 Å². The summed E-state index contributed by atoms with van der Waals surface area (Å²) in [6, 6.07) is 6.45. The zero-order valence-corrected chi connectivity index (χ0v) is 9.04. The highest BCUT2D eigenvalue weighted by molar-refractivity contribution is 5.66. The smallest absolute Gasteiger partial charge is 0.274 e. The summed E-state index contributed by atoms with van der Waals surface area (Å²) in [6.07, 6.45) is -1.19. The van der Waals surface area contributed by atoms with Crippen LogP contribution in [0.2, 0.25) is 0 Å². The molecule has 0 aromatic heterocycles. The molecule has 0 aliphatic rings. The number of allylic oxidation sites excluding steroid dienone is 1. The molecule has 0 aliphatic heterocycles. The van der Waals surface area contributed by atoms with Gasteiger partial charge in [0.1, 0.15) is 5.75 Å². The molecule has 1 N–H and O–H groups in total. The molecule has 0 spiro atoms. The summed E-state index contributed by atoms with van der Waals surface area (Å²) in [5.41, 5.74) is 0.450. The second-order valence-corrected chi connectivity index (χ2v) is 3.29. The highest BCUT2D eigenvalue weighted by atomic mass is 19.3. The molecule has 88 valence electrons. The van der Waals surface area contributed by atoms with Gasteiger partial charge < -0.3 is 9.84 Å². The topological polar surface area (TPSA) is 29.5 Å². The van der Waals surface area contributed by atoms with E-state index >= 15 is 0 Å². The second-order valence-electron chi connectivity index (χ2n) is 3.29. The summed E-state index contributed by atoms with van der Waals surface area (Å²) in [4.78, 5) is 0. The largest absolute Gasteiger partial charge is 0.497 e. The third-order valence-corrected chi connectivity index (χ3v) is 2.25. The number of ether oxygens (including phenoxy) is 1. The number of benzene rings is 1. The number of methoxy groups -OCH3 is 1. The van der Waals surface area contributed by atoms with Gasteiger partial charge in [-0.05, 0) is 30.5 Å². The molecule has 0 amide bonds. The SMILES string of the molecule is COc1ccc(C(CCCO)=C(F)F)cc1. The number of hydrogen-bond acceptors (Lipinski definition) is 2. The van der Waals surface area contributed by atoms with Crippen molar-refractivity contribution in [2.75, 3.05) is 13.7 Å². The molecule has 0 radical (unpaired) electrons. The van der Waals surface area contributed by atoms with Crippen molar-refractivity contribution < 1.29 is 18.6 Å². The molecule has 0 saturated carbocycles. The van der Waals surface area contributed by atoms with E-state index in [-0.39, 0.29) is 18.6 Å². The Balaban J connectivity index is 2.90. The average molecular weight is 228 g/mol. The van der Waals surface area contributed by atoms with E-state index in [0.29, 0.717) is 17.7 Å². The Hall–Kier alpha value is -1.42. The second kappa shape index (κ2) is 6.23. The lowest BCUT2D eigenvalue weighted by Gasteiger charge is -2.06. The summed E-state index contributed by atoms with van der Waals surface area (Å²) in [6.45, 7) is -0.0903. The predicted octanol–water partition coefficient (Wildman–Crippen LogP) is 3.08. The fourth-order valence-corrected chi connectivity index (χ4v) is 1.40. The van der Waals surface area contributed by atoms with Crippen molar-refractivity contribution in [2.45, 2.75) is 12.8 Å². The summed E-state index contributed by atoms with van der Waals surface area (Å²) in [5, 5.41) is 8.64. The van der Waals surface area contributed by atoms with Crippen LogP contribution in [-0.4, -0.2) is 18.8 Å². The third-order valence-electron chi connectivity index (χ3n) is 2.25. The standard InChI is InChI=1S/C12H14F2O2/c1-16-10-6-4-9(5-7-10)11(12(13)14)3-2-8-15/h4-7,15H,2-3,8H2,1H3. The van der Waals surface area contributed by atoms with E-state index in [0.717, 1.165) is 0 Å². The van der Waals surface area contributed by atoms with Gasteiger partial charge in [0.2, 0.25) is 0 Å². The first-order valence-electron chi connectivity index (χ1n) is 4.98. The highest BCUT2D eigenvalue weighted by Crippen LogP contribution is 2.26. The van der Waals surface area contributed by atoms with Gasteiger partial charge in [-0.25, -0.2) is 0 Å². The van der Waals surface area contributed by atoms with E-state index in [1.54, 1.807) is 24.3 Å². The summed E-state index contributed by atoms with van der Waals surface area (Å²) in [5.74, 6) is 0.629. The van der Waals surface area contributed by atoms with Crippen molar-refractivity contribution in [1.29, 1.82) is 0 Å². The van der Waals surface area contributed by atoms with Crippen molar-refractivity contribution in [1.82, 2.24) is 0 Å². The first-order chi connectivity index (χ1) is 7.69. The summed E-state index contributed by atoms with van der Waals surface area (Å²) < 4.78 is 30.3. The van der Waals surface area contributed by atoms with Gasteiger partial charge in [0.15, 0.2) is 0 Å². The first-order valence-corrected chi connectivity index (χ1v) is 4.98. The van der Waals surface area contributed by atoms with Crippen LogP contribution in [0, 0.1) is 0 Å². The number of halogens is 2. The number of aliphatic hydroxyl groups is 1.